The molecule has 12 aliphatic rings. The predicted molar refractivity (Wildman–Crippen MR) is 437 cm³/mol. The van der Waals surface area contributed by atoms with E-state index in [2.05, 4.69) is 77.9 Å². The molecule has 584 valence electrons. The molecule has 16 heteroatoms. The number of aliphatic hydroxyl groups is 3. The number of H-pyrrole nitrogens is 1. The van der Waals surface area contributed by atoms with Gasteiger partial charge in [-0.05, 0) is 352 Å². The Morgan fingerprint density at radius 1 is 0.453 bits per heavy atom. The van der Waals surface area contributed by atoms with Crippen molar-refractivity contribution in [3.05, 3.63) is 88.3 Å². The molecule has 0 bridgehead atoms. The number of Topliss-reactive ketones (excluding diaryl/α,β-unsaturated/α-hetero) is 3. The van der Waals surface area contributed by atoms with Gasteiger partial charge in [-0.1, -0.05) is 115 Å². The number of nitrogens with zero attached hydrogens (tertiary/aromatic N) is 5. The van der Waals surface area contributed by atoms with Crippen LogP contribution in [0.4, 0.5) is 0 Å². The molecule has 0 unspecified atom stereocenters. The highest BCUT2D eigenvalue weighted by molar-refractivity contribution is 9.09. The highest BCUT2D eigenvalue weighted by atomic mass is 79.9. The standard InChI is InChI=1S/2C29H39ClN2O2.C22H35BrO2.C7H5ClN2.3CH4/c1-27(34)12-13-28(2)19(15-27)4-6-21-22-7-8-24(29(22,3)11-10-23(21)28)26(33)17-32-16-18-14-20(30)5-9-25(18)31-32;1-27(34)12-13-28(2)19(15-27)4-6-21-22-7-8-24(29(22,3)11-10-23(21)28)26(33)17-32-25-9-5-20(30)14-18(25)16-31-32;1-20(25)10-11-21(2)14(12-20)4-5-15-16-6-7-18(19(24)13-23)22(16,3)9-8-17(15)21;8-6-1-2-7-5(3-6)4-9-10-7;;;/h2*5,9,14,16,19,21-24,34H,4,6-8,10-13,15,17H2,1-3H3;14-18,25H,4-13H2,1-3H3;1-4H,(H,9,10);3*1H4/t2*19-,21-,22-,23-,24+,27+,28-,29-;14-,15-,16-,17-,18+,20+,21-,22-;;;;/m000..../s1. The highest BCUT2D eigenvalue weighted by Crippen LogP contribution is 2.72. The number of fused-ring (bicyclic) bond motifs is 18. The van der Waals surface area contributed by atoms with Gasteiger partial charge >= 0.3 is 0 Å². The van der Waals surface area contributed by atoms with Crippen molar-refractivity contribution in [3.8, 4) is 0 Å². The van der Waals surface area contributed by atoms with Crippen LogP contribution in [0.2, 0.25) is 15.1 Å². The van der Waals surface area contributed by atoms with Crippen LogP contribution in [0.15, 0.2) is 73.2 Å². The maximum atomic E-state index is 13.7. The van der Waals surface area contributed by atoms with E-state index in [4.69, 9.17) is 34.8 Å². The number of ketones is 3. The van der Waals surface area contributed by atoms with Gasteiger partial charge in [0, 0.05) is 55.2 Å². The first kappa shape index (κ1) is 81.8. The average Bonchev–Trinajstić information content (AvgIpc) is 1.32. The number of hydrogen-bond donors (Lipinski definition) is 4. The number of carbonyl (C=O) groups is 3. The number of halogens is 4. The summed E-state index contributed by atoms with van der Waals surface area (Å²) in [7, 11) is 0. The zero-order chi connectivity index (χ0) is 72.8. The van der Waals surface area contributed by atoms with E-state index in [0.29, 0.717) is 91.6 Å². The molecule has 0 aliphatic heterocycles. The molecular formula is C90H130BrCl3N6O6. The Hall–Kier alpha value is -3.69. The van der Waals surface area contributed by atoms with E-state index in [-0.39, 0.29) is 56.3 Å². The average molecular weight is 1580 g/mol. The fourth-order valence-corrected chi connectivity index (χ4v) is 28.7. The summed E-state index contributed by atoms with van der Waals surface area (Å²) in [5.41, 5.74) is 3.14. The van der Waals surface area contributed by atoms with E-state index in [1.165, 1.54) is 103 Å². The normalized spacial score (nSPS) is 42.1. The van der Waals surface area contributed by atoms with Crippen molar-refractivity contribution in [1.29, 1.82) is 0 Å². The van der Waals surface area contributed by atoms with E-state index in [1.807, 2.05) is 97.1 Å². The van der Waals surface area contributed by atoms with Crippen molar-refractivity contribution in [2.75, 3.05) is 5.33 Å². The third kappa shape index (κ3) is 14.6. The zero-order valence-corrected chi connectivity index (χ0v) is 67.0. The molecule has 0 spiro atoms. The third-order valence-electron chi connectivity index (χ3n) is 33.3. The maximum Gasteiger partial charge on any atom is 0.157 e. The number of benzene rings is 3. The minimum atomic E-state index is -0.479. The van der Waals surface area contributed by atoms with Crippen molar-refractivity contribution in [2.24, 2.45) is 121 Å². The molecule has 24 atom stereocenters. The molecule has 12 fully saturated rings. The van der Waals surface area contributed by atoms with Gasteiger partial charge in [0.25, 0.3) is 0 Å². The summed E-state index contributed by atoms with van der Waals surface area (Å²) < 4.78 is 3.70. The van der Waals surface area contributed by atoms with Gasteiger partial charge < -0.3 is 15.3 Å². The lowest BCUT2D eigenvalue weighted by Crippen LogP contribution is -2.55. The molecule has 12 aliphatic carbocycles. The SMILES string of the molecule is C.C.C.C[C@@]1(O)CC[C@@]2(C)[C@@H](CC[C@@H]3[C@@H]2CC[C@]2(C)[C@@H](C(=O)CBr)CC[C@@H]32)C1.C[C@@]1(O)CC[C@@]2(C)[C@@H](CC[C@@H]3[C@@H]2CC[C@]2(C)[C@@H](C(=O)Cn4cc5cc(Cl)ccc5n4)CC[C@@H]32)C1.C[C@@]1(O)CC[C@@]2(C)[C@@H](CC[C@@H]3[C@@H]2CC[C@]2(C)[C@@H](C(=O)Cn4ncc5cc(Cl)ccc54)CC[C@@H]32)C1.Clc1ccc2[nH]ncc2c1. The van der Waals surface area contributed by atoms with Crippen LogP contribution in [0, 0.1) is 121 Å². The minimum Gasteiger partial charge on any atom is -0.390 e. The minimum absolute atomic E-state index is 0. The Morgan fingerprint density at radius 2 is 0.849 bits per heavy atom. The number of nitrogens with one attached hydrogen (secondary N) is 1. The van der Waals surface area contributed by atoms with Gasteiger partial charge in [0.15, 0.2) is 11.6 Å². The predicted octanol–water partition coefficient (Wildman–Crippen LogP) is 22.8. The number of alkyl halides is 1. The van der Waals surface area contributed by atoms with Crippen LogP contribution in [-0.2, 0) is 27.5 Å². The molecule has 18 rings (SSSR count). The van der Waals surface area contributed by atoms with Gasteiger partial charge in [-0.25, -0.2) is 0 Å². The maximum absolute atomic E-state index is 13.7. The lowest BCUT2D eigenvalue weighted by Gasteiger charge is -2.61. The summed E-state index contributed by atoms with van der Waals surface area (Å²) in [6.07, 6.45) is 36.7. The number of carbonyl (C=O) groups excluding carboxylic acids is 3. The second kappa shape index (κ2) is 30.3. The Kier molecular flexibility index (Phi) is 23.4. The van der Waals surface area contributed by atoms with Crippen LogP contribution in [0.25, 0.3) is 32.7 Å². The Balaban J connectivity index is 0.000000139. The summed E-state index contributed by atoms with van der Waals surface area (Å²) in [5, 5.41) is 53.7. The van der Waals surface area contributed by atoms with Crippen LogP contribution in [-0.4, -0.2) is 84.6 Å². The number of hydrogen-bond acceptors (Lipinski definition) is 9. The largest absolute Gasteiger partial charge is 0.390 e. The lowest BCUT2D eigenvalue weighted by atomic mass is 9.44. The lowest BCUT2D eigenvalue weighted by molar-refractivity contribution is -0.151. The van der Waals surface area contributed by atoms with E-state index >= 15 is 0 Å². The van der Waals surface area contributed by atoms with Crippen LogP contribution in [0.3, 0.4) is 0 Å². The number of aromatic nitrogens is 6. The van der Waals surface area contributed by atoms with Crippen molar-refractivity contribution >= 4 is 101 Å². The molecule has 3 aromatic heterocycles. The molecule has 6 aromatic rings. The monoisotopic (exact) mass is 1570 g/mol. The molecule has 0 amide bonds. The summed E-state index contributed by atoms with van der Waals surface area (Å²) in [5.74, 6) is 10.5. The zero-order valence-electron chi connectivity index (χ0n) is 63.1. The third-order valence-corrected chi connectivity index (χ3v) is 34.6. The van der Waals surface area contributed by atoms with Crippen molar-refractivity contribution in [3.63, 3.8) is 0 Å². The van der Waals surface area contributed by atoms with Gasteiger partial charge in [-0.2, -0.15) is 15.3 Å². The number of rotatable bonds is 8. The highest BCUT2D eigenvalue weighted by Gasteiger charge is 2.65. The van der Waals surface area contributed by atoms with Gasteiger partial charge in [0.05, 0.1) is 57.6 Å². The van der Waals surface area contributed by atoms with Crippen LogP contribution in [0.1, 0.15) is 258 Å². The van der Waals surface area contributed by atoms with Gasteiger partial charge in [0.1, 0.15) is 12.3 Å². The van der Waals surface area contributed by atoms with E-state index in [0.717, 1.165) is 150 Å². The molecule has 3 heterocycles. The van der Waals surface area contributed by atoms with Crippen LogP contribution < -0.4 is 0 Å². The second-order valence-corrected chi connectivity index (χ2v) is 40.6. The summed E-state index contributed by atoms with van der Waals surface area (Å²) in [4.78, 5) is 39.8. The van der Waals surface area contributed by atoms with Gasteiger partial charge in [-0.15, -0.1) is 0 Å². The molecule has 12 nitrogen and oxygen atoms in total. The first-order valence-corrected chi connectivity index (χ1v) is 42.7. The Labute approximate surface area is 658 Å². The fourth-order valence-electron chi connectivity index (χ4n) is 27.7. The van der Waals surface area contributed by atoms with Crippen molar-refractivity contribution in [1.82, 2.24) is 29.8 Å². The van der Waals surface area contributed by atoms with Crippen molar-refractivity contribution in [2.45, 2.75) is 288 Å². The van der Waals surface area contributed by atoms with E-state index < -0.39 is 16.8 Å². The molecule has 0 radical (unpaired) electrons. The first-order valence-electron chi connectivity index (χ1n) is 40.4. The summed E-state index contributed by atoms with van der Waals surface area (Å²) in [6, 6.07) is 17.1. The molecule has 12 saturated carbocycles. The molecule has 106 heavy (non-hydrogen) atoms. The smallest absolute Gasteiger partial charge is 0.157 e. The summed E-state index contributed by atoms with van der Waals surface area (Å²) >= 11 is 21.4. The number of aromatic amines is 1. The Morgan fingerprint density at radius 3 is 1.30 bits per heavy atom. The van der Waals surface area contributed by atoms with E-state index in [1.54, 1.807) is 6.20 Å². The first-order chi connectivity index (χ1) is 48.8. The van der Waals surface area contributed by atoms with Gasteiger partial charge in [-0.3, -0.25) is 28.8 Å². The molecule has 0 saturated heterocycles. The van der Waals surface area contributed by atoms with Crippen LogP contribution in [0.5, 0.6) is 0 Å². The van der Waals surface area contributed by atoms with Crippen LogP contribution >= 0.6 is 50.7 Å². The summed E-state index contributed by atoms with van der Waals surface area (Å²) in [6.45, 7) is 21.8. The quantitative estimate of drug-likeness (QED) is 0.108. The Bertz CT molecular complexity index is 4160. The molecule has 4 N–H and O–H groups in total. The van der Waals surface area contributed by atoms with Crippen molar-refractivity contribution < 1.29 is 29.7 Å². The molecular weight excluding hydrogens is 1450 g/mol. The topological polar surface area (TPSA) is 176 Å². The second-order valence-electron chi connectivity index (χ2n) is 38.8. The molecule has 3 aromatic carbocycles. The van der Waals surface area contributed by atoms with E-state index in [9.17, 15) is 29.7 Å². The fraction of sp³-hybridized carbons (Fsp3) is 0.733. The van der Waals surface area contributed by atoms with Gasteiger partial charge in [0.2, 0.25) is 0 Å².